The Balaban J connectivity index is 0.00000121. The molecule has 2 nitrogen and oxygen atoms in total. The van der Waals surface area contributed by atoms with E-state index in [1.165, 1.54) is 0 Å². The molecule has 0 aliphatic heterocycles. The predicted molar refractivity (Wildman–Crippen MR) is 32.8 cm³/mol. The third kappa shape index (κ3) is 3.06. The zero-order valence-electron chi connectivity index (χ0n) is 6.26. The molecule has 0 fully saturated rings. The number of rotatable bonds is 2. The summed E-state index contributed by atoms with van der Waals surface area (Å²) in [5.41, 5.74) is -1.09. The molecule has 0 aliphatic rings. The predicted octanol–water partition coefficient (Wildman–Crippen LogP) is -1.85. The normalized spacial score (nSPS) is 10.6. The van der Waals surface area contributed by atoms with Crippen molar-refractivity contribution in [3.05, 3.63) is 17.9 Å². The Morgan fingerprint density at radius 3 is 2.17 bits per heavy atom. The van der Waals surface area contributed by atoms with Gasteiger partial charge >= 0.3 is 58.4 Å². The first-order chi connectivity index (χ1) is 5.04. The summed E-state index contributed by atoms with van der Waals surface area (Å²) in [6.45, 7) is -5.12. The summed E-state index contributed by atoms with van der Waals surface area (Å²) in [6, 6.07) is 1.72. The maximum absolute atomic E-state index is 11.8. The minimum atomic E-state index is -5.12. The van der Waals surface area contributed by atoms with Gasteiger partial charge in [0.25, 0.3) is 0 Å². The zero-order valence-corrected chi connectivity index (χ0v) is 9.38. The van der Waals surface area contributed by atoms with E-state index in [4.69, 9.17) is 0 Å². The summed E-state index contributed by atoms with van der Waals surface area (Å²) in [6.07, 6.45) is 0.227. The number of aldehydes is 1. The van der Waals surface area contributed by atoms with Crippen molar-refractivity contribution in [1.82, 2.24) is 0 Å². The van der Waals surface area contributed by atoms with Gasteiger partial charge in [-0.2, -0.15) is 0 Å². The van der Waals surface area contributed by atoms with Gasteiger partial charge in [-0.25, -0.2) is 0 Å². The van der Waals surface area contributed by atoms with Crippen molar-refractivity contribution in [1.29, 1.82) is 0 Å². The fourth-order valence-electron chi connectivity index (χ4n) is 0.608. The van der Waals surface area contributed by atoms with Crippen molar-refractivity contribution in [2.24, 2.45) is 0 Å². The fourth-order valence-corrected chi connectivity index (χ4v) is 0.608. The number of carbonyl (C=O) groups excluding carboxylic acids is 1. The van der Waals surface area contributed by atoms with E-state index in [9.17, 15) is 17.7 Å². The molecule has 1 aromatic heterocycles. The van der Waals surface area contributed by atoms with Gasteiger partial charge in [0.2, 0.25) is 0 Å². The van der Waals surface area contributed by atoms with Crippen molar-refractivity contribution < 1.29 is 73.5 Å². The van der Waals surface area contributed by atoms with Crippen molar-refractivity contribution >= 4 is 18.9 Å². The van der Waals surface area contributed by atoms with Crippen molar-refractivity contribution in [3.63, 3.8) is 0 Å². The number of halogens is 3. The van der Waals surface area contributed by atoms with Crippen LogP contribution in [0.1, 0.15) is 10.6 Å². The van der Waals surface area contributed by atoms with Gasteiger partial charge in [-0.05, 0) is 6.07 Å². The number of furan rings is 1. The van der Waals surface area contributed by atoms with E-state index in [0.717, 1.165) is 12.1 Å². The first-order valence-corrected chi connectivity index (χ1v) is 2.79. The monoisotopic (exact) mass is 202 g/mol. The van der Waals surface area contributed by atoms with Crippen LogP contribution >= 0.6 is 0 Å². The third-order valence-electron chi connectivity index (χ3n) is 1.09. The molecule has 0 N–H and O–H groups in total. The molecule has 0 aliphatic carbocycles. The SMILES string of the molecule is O=Cc1ccc([B-](F)(F)F)o1.[K+]. The molecule has 0 radical (unpaired) electrons. The topological polar surface area (TPSA) is 30.2 Å². The van der Waals surface area contributed by atoms with E-state index in [1.807, 2.05) is 0 Å². The summed E-state index contributed by atoms with van der Waals surface area (Å²) in [5, 5.41) is 0. The third-order valence-corrected chi connectivity index (χ3v) is 1.09. The second kappa shape index (κ2) is 4.61. The minimum absolute atomic E-state index is 0. The summed E-state index contributed by atoms with van der Waals surface area (Å²) in [7, 11) is 0. The molecular weight excluding hydrogens is 199 g/mol. The van der Waals surface area contributed by atoms with E-state index in [0.29, 0.717) is 0 Å². The Hall–Kier alpha value is 0.441. The average molecular weight is 202 g/mol. The fraction of sp³-hybridized carbons (Fsp3) is 0. The van der Waals surface area contributed by atoms with E-state index in [-0.39, 0.29) is 63.4 Å². The molecule has 0 bridgehead atoms. The quantitative estimate of drug-likeness (QED) is 0.416. The van der Waals surface area contributed by atoms with Gasteiger partial charge in [0.1, 0.15) is 0 Å². The molecule has 1 aromatic rings. The summed E-state index contributed by atoms with van der Waals surface area (Å²) in [4.78, 5) is 9.89. The van der Waals surface area contributed by atoms with Gasteiger partial charge < -0.3 is 17.4 Å². The van der Waals surface area contributed by atoms with Crippen LogP contribution < -0.4 is 57.0 Å². The van der Waals surface area contributed by atoms with Crippen LogP contribution in [-0.2, 0) is 0 Å². The zero-order chi connectivity index (χ0) is 8.48. The standard InChI is InChI=1S/C5H3BF3O2.K/c7-6(8,9)5-2-1-4(3-10)11-5;/h1-3H;/q-1;+1. The molecule has 0 unspecified atom stereocenters. The molecule has 0 amide bonds. The molecule has 0 spiro atoms. The molecule has 0 atom stereocenters. The van der Waals surface area contributed by atoms with Gasteiger partial charge in [-0.1, -0.05) is 6.07 Å². The minimum Gasteiger partial charge on any atom is -0.490 e. The van der Waals surface area contributed by atoms with Crippen LogP contribution in [0.25, 0.3) is 0 Å². The Labute approximate surface area is 109 Å². The summed E-state index contributed by atoms with van der Waals surface area (Å²) in [5.74, 6) is -0.306. The number of hydrogen-bond acceptors (Lipinski definition) is 2. The second-order valence-corrected chi connectivity index (χ2v) is 1.93. The Kier molecular flexibility index (Phi) is 4.78. The smallest absolute Gasteiger partial charge is 0.490 e. The second-order valence-electron chi connectivity index (χ2n) is 1.93. The van der Waals surface area contributed by atoms with Crippen LogP contribution in [0.3, 0.4) is 0 Å². The van der Waals surface area contributed by atoms with Gasteiger partial charge in [-0.3, -0.25) is 4.79 Å². The van der Waals surface area contributed by atoms with Crippen molar-refractivity contribution in [2.45, 2.75) is 0 Å². The van der Waals surface area contributed by atoms with Crippen LogP contribution in [0.5, 0.6) is 0 Å². The van der Waals surface area contributed by atoms with Gasteiger partial charge in [0, 0.05) is 5.66 Å². The largest absolute Gasteiger partial charge is 1.00 e. The molecule has 0 saturated heterocycles. The van der Waals surface area contributed by atoms with Crippen LogP contribution in [0.15, 0.2) is 16.5 Å². The Morgan fingerprint density at radius 2 is 1.92 bits per heavy atom. The van der Waals surface area contributed by atoms with E-state index in [2.05, 4.69) is 4.42 Å². The molecule has 7 heteroatoms. The van der Waals surface area contributed by atoms with Gasteiger partial charge in [0.05, 0.1) is 0 Å². The first kappa shape index (κ1) is 12.4. The van der Waals surface area contributed by atoms with Crippen LogP contribution in [-0.4, -0.2) is 13.3 Å². The average Bonchev–Trinajstić information content (AvgIpc) is 2.32. The van der Waals surface area contributed by atoms with Crippen LogP contribution in [0.4, 0.5) is 12.9 Å². The number of hydrogen-bond donors (Lipinski definition) is 0. The van der Waals surface area contributed by atoms with Gasteiger partial charge in [0.15, 0.2) is 12.0 Å². The molecule has 1 rings (SSSR count). The molecular formula is C5H3BF3KO2. The maximum Gasteiger partial charge on any atom is 1.00 e. The van der Waals surface area contributed by atoms with E-state index in [1.54, 1.807) is 0 Å². The molecule has 60 valence electrons. The maximum atomic E-state index is 11.8. The molecule has 0 aromatic carbocycles. The molecule has 12 heavy (non-hydrogen) atoms. The first-order valence-electron chi connectivity index (χ1n) is 2.79. The molecule has 1 heterocycles. The van der Waals surface area contributed by atoms with E-state index < -0.39 is 12.6 Å². The summed E-state index contributed by atoms with van der Waals surface area (Å²) >= 11 is 0. The van der Waals surface area contributed by atoms with Gasteiger partial charge in [-0.15, -0.1) is 0 Å². The van der Waals surface area contributed by atoms with E-state index >= 15 is 0 Å². The summed E-state index contributed by atoms with van der Waals surface area (Å²) < 4.78 is 39.5. The number of carbonyl (C=O) groups is 1. The van der Waals surface area contributed by atoms with Crippen molar-refractivity contribution in [2.75, 3.05) is 0 Å². The van der Waals surface area contributed by atoms with Crippen LogP contribution in [0.2, 0.25) is 0 Å². The Bertz CT molecular complexity index is 270. The molecule has 0 saturated carbocycles. The van der Waals surface area contributed by atoms with Crippen LogP contribution in [0, 0.1) is 0 Å². The Morgan fingerprint density at radius 1 is 1.33 bits per heavy atom. The van der Waals surface area contributed by atoms with Crippen molar-refractivity contribution in [3.8, 4) is 0 Å².